The van der Waals surface area contributed by atoms with Gasteiger partial charge in [-0.1, -0.05) is 12.1 Å². The third-order valence-corrected chi connectivity index (χ3v) is 4.44. The Balaban J connectivity index is 2.33. The molecular formula is C16H25BN2O2. The van der Waals surface area contributed by atoms with E-state index in [1.807, 2.05) is 58.9 Å². The lowest BCUT2D eigenvalue weighted by atomic mass is 9.77. The average Bonchev–Trinajstić information content (AvgIpc) is 2.59. The van der Waals surface area contributed by atoms with Gasteiger partial charge in [-0.25, -0.2) is 0 Å². The molecule has 2 rings (SSSR count). The van der Waals surface area contributed by atoms with E-state index in [9.17, 15) is 0 Å². The second-order valence-electron chi connectivity index (χ2n) is 6.63. The molecule has 114 valence electrons. The number of hydrogen-bond acceptors (Lipinski definition) is 4. The Kier molecular flexibility index (Phi) is 4.20. The zero-order chi connectivity index (χ0) is 15.8. The zero-order valence-electron chi connectivity index (χ0n) is 13.6. The predicted octanol–water partition coefficient (Wildman–Crippen LogP) is 2.55. The summed E-state index contributed by atoms with van der Waals surface area (Å²) in [5, 5.41) is 0. The van der Waals surface area contributed by atoms with Gasteiger partial charge in [-0.2, -0.15) is 0 Å². The maximum Gasteiger partial charge on any atom is 0.491 e. The number of rotatable bonds is 3. The van der Waals surface area contributed by atoms with Crippen LogP contribution in [0, 0.1) is 6.92 Å². The minimum atomic E-state index is -0.416. The van der Waals surface area contributed by atoms with E-state index in [1.165, 1.54) is 0 Å². The summed E-state index contributed by atoms with van der Waals surface area (Å²) in [6.07, 6.45) is 2.02. The van der Waals surface area contributed by atoms with Crippen LogP contribution >= 0.6 is 0 Å². The van der Waals surface area contributed by atoms with Crippen LogP contribution in [0.15, 0.2) is 23.7 Å². The molecule has 1 aliphatic rings. The lowest BCUT2D eigenvalue weighted by Crippen LogP contribution is -2.41. The van der Waals surface area contributed by atoms with Crippen molar-refractivity contribution in [2.75, 3.05) is 12.3 Å². The molecule has 0 bridgehead atoms. The molecule has 5 heteroatoms. The fourth-order valence-electron chi connectivity index (χ4n) is 2.23. The van der Waals surface area contributed by atoms with Gasteiger partial charge in [0.05, 0.1) is 11.2 Å². The lowest BCUT2D eigenvalue weighted by molar-refractivity contribution is 0.00578. The van der Waals surface area contributed by atoms with Crippen molar-refractivity contribution < 1.29 is 9.31 Å². The highest BCUT2D eigenvalue weighted by molar-refractivity contribution is 6.55. The van der Waals surface area contributed by atoms with Crippen molar-refractivity contribution in [2.45, 2.75) is 45.8 Å². The summed E-state index contributed by atoms with van der Waals surface area (Å²) in [6.45, 7) is 10.6. The van der Waals surface area contributed by atoms with E-state index >= 15 is 0 Å². The number of benzene rings is 1. The molecule has 0 saturated carbocycles. The minimum Gasteiger partial charge on any atom is -0.400 e. The Morgan fingerprint density at radius 1 is 1.19 bits per heavy atom. The van der Waals surface area contributed by atoms with Gasteiger partial charge in [-0.15, -0.1) is 0 Å². The van der Waals surface area contributed by atoms with Gasteiger partial charge in [-0.05, 0) is 63.4 Å². The minimum absolute atomic E-state index is 0.364. The molecule has 4 nitrogen and oxygen atoms in total. The molecule has 21 heavy (non-hydrogen) atoms. The molecule has 4 N–H and O–H groups in total. The first kappa shape index (κ1) is 16.1. The first-order valence-corrected chi connectivity index (χ1v) is 7.28. The molecule has 1 aromatic carbocycles. The van der Waals surface area contributed by atoms with Crippen LogP contribution in [-0.2, 0) is 9.31 Å². The molecule has 1 saturated heterocycles. The molecule has 1 aromatic rings. The molecule has 1 fully saturated rings. The maximum absolute atomic E-state index is 6.06. The fourth-order valence-corrected chi connectivity index (χ4v) is 2.23. The summed E-state index contributed by atoms with van der Waals surface area (Å²) in [5.74, 6) is 0. The summed E-state index contributed by atoms with van der Waals surface area (Å²) >= 11 is 0. The van der Waals surface area contributed by atoms with E-state index in [1.54, 1.807) is 0 Å². The van der Waals surface area contributed by atoms with Crippen molar-refractivity contribution in [3.8, 4) is 0 Å². The van der Waals surface area contributed by atoms with Gasteiger partial charge >= 0.3 is 7.12 Å². The number of nitrogen functional groups attached to an aromatic ring is 1. The summed E-state index contributed by atoms with van der Waals surface area (Å²) < 4.78 is 12.1. The van der Waals surface area contributed by atoms with Crippen molar-refractivity contribution in [2.24, 2.45) is 5.73 Å². The van der Waals surface area contributed by atoms with Gasteiger partial charge in [0, 0.05) is 12.2 Å². The fraction of sp³-hybridized carbons (Fsp3) is 0.500. The monoisotopic (exact) mass is 288 g/mol. The Morgan fingerprint density at radius 3 is 2.29 bits per heavy atom. The van der Waals surface area contributed by atoms with Gasteiger partial charge in [0.1, 0.15) is 0 Å². The van der Waals surface area contributed by atoms with Crippen molar-refractivity contribution in [3.05, 3.63) is 34.8 Å². The van der Waals surface area contributed by atoms with Gasteiger partial charge in [0.25, 0.3) is 0 Å². The SMILES string of the molecule is Cc1ccc(N)cc1C=C(CN)B1OC(C)(C)C(C)(C)O1. The van der Waals surface area contributed by atoms with Gasteiger partial charge < -0.3 is 20.8 Å². The molecule has 0 unspecified atom stereocenters. The second kappa shape index (κ2) is 5.48. The van der Waals surface area contributed by atoms with Crippen LogP contribution in [0.5, 0.6) is 0 Å². The predicted molar refractivity (Wildman–Crippen MR) is 88.7 cm³/mol. The molecule has 1 aliphatic heterocycles. The topological polar surface area (TPSA) is 70.5 Å². The maximum atomic E-state index is 6.06. The van der Waals surface area contributed by atoms with Crippen LogP contribution in [0.3, 0.4) is 0 Å². The number of anilines is 1. The molecule has 1 heterocycles. The Labute approximate surface area is 127 Å². The van der Waals surface area contributed by atoms with Crippen molar-refractivity contribution >= 4 is 18.9 Å². The highest BCUT2D eigenvalue weighted by Gasteiger charge is 2.52. The third-order valence-electron chi connectivity index (χ3n) is 4.44. The zero-order valence-corrected chi connectivity index (χ0v) is 13.6. The van der Waals surface area contributed by atoms with E-state index in [0.29, 0.717) is 6.54 Å². The van der Waals surface area contributed by atoms with Crippen LogP contribution < -0.4 is 11.5 Å². The normalized spacial score (nSPS) is 20.9. The standard InChI is InChI=1S/C16H25BN2O2/c1-11-6-7-14(19)9-12(11)8-13(10-18)17-20-15(2,3)16(4,5)21-17/h6-9H,10,18-19H2,1-5H3. The molecule has 0 radical (unpaired) electrons. The van der Waals surface area contributed by atoms with Gasteiger partial charge in [0.15, 0.2) is 0 Å². The van der Waals surface area contributed by atoms with Crippen molar-refractivity contribution in [1.29, 1.82) is 0 Å². The highest BCUT2D eigenvalue weighted by Crippen LogP contribution is 2.38. The van der Waals surface area contributed by atoms with Crippen LogP contribution in [0.4, 0.5) is 5.69 Å². The smallest absolute Gasteiger partial charge is 0.400 e. The molecule has 0 spiro atoms. The number of nitrogens with two attached hydrogens (primary N) is 2. The second-order valence-corrected chi connectivity index (χ2v) is 6.63. The van der Waals surface area contributed by atoms with E-state index < -0.39 is 7.12 Å². The average molecular weight is 288 g/mol. The summed E-state index contributed by atoms with van der Waals surface area (Å²) in [7, 11) is -0.416. The van der Waals surface area contributed by atoms with Crippen molar-refractivity contribution in [1.82, 2.24) is 0 Å². The largest absolute Gasteiger partial charge is 0.491 e. The van der Waals surface area contributed by atoms with Gasteiger partial charge in [0.2, 0.25) is 0 Å². The summed E-state index contributed by atoms with van der Waals surface area (Å²) in [4.78, 5) is 0. The molecule has 0 amide bonds. The number of hydrogen-bond donors (Lipinski definition) is 2. The van der Waals surface area contributed by atoms with E-state index in [2.05, 4.69) is 0 Å². The highest BCUT2D eigenvalue weighted by atomic mass is 16.7. The summed E-state index contributed by atoms with van der Waals surface area (Å²) in [5.41, 5.74) is 14.9. The molecule has 0 aromatic heterocycles. The van der Waals surface area contributed by atoms with Crippen LogP contribution in [0.2, 0.25) is 0 Å². The Bertz CT molecular complexity index is 551. The lowest BCUT2D eigenvalue weighted by Gasteiger charge is -2.32. The first-order valence-electron chi connectivity index (χ1n) is 7.28. The molecular weight excluding hydrogens is 263 g/mol. The Hall–Kier alpha value is -1.30. The Morgan fingerprint density at radius 2 is 1.76 bits per heavy atom. The third kappa shape index (κ3) is 3.15. The van der Waals surface area contributed by atoms with Crippen LogP contribution in [-0.4, -0.2) is 24.9 Å². The molecule has 0 aliphatic carbocycles. The first-order chi connectivity index (χ1) is 9.66. The van der Waals surface area contributed by atoms with E-state index in [0.717, 1.165) is 22.3 Å². The molecule has 0 atom stereocenters. The van der Waals surface area contributed by atoms with E-state index in [4.69, 9.17) is 20.8 Å². The number of aryl methyl sites for hydroxylation is 1. The summed E-state index contributed by atoms with van der Waals surface area (Å²) in [6, 6.07) is 5.83. The van der Waals surface area contributed by atoms with Crippen LogP contribution in [0.1, 0.15) is 38.8 Å². The van der Waals surface area contributed by atoms with E-state index in [-0.39, 0.29) is 11.2 Å². The van der Waals surface area contributed by atoms with Crippen molar-refractivity contribution in [3.63, 3.8) is 0 Å². The van der Waals surface area contributed by atoms with Crippen LogP contribution in [0.25, 0.3) is 6.08 Å². The quantitative estimate of drug-likeness (QED) is 0.662. The van der Waals surface area contributed by atoms with Gasteiger partial charge in [-0.3, -0.25) is 0 Å².